The minimum absolute atomic E-state index is 0.0345. The van der Waals surface area contributed by atoms with Gasteiger partial charge in [0.25, 0.3) is 5.91 Å². The second-order valence-corrected chi connectivity index (χ2v) is 4.31. The van der Waals surface area contributed by atoms with Gasteiger partial charge in [0.2, 0.25) is 5.88 Å². The number of carbonyl (C=O) groups is 1. The van der Waals surface area contributed by atoms with E-state index in [2.05, 4.69) is 20.3 Å². The lowest BCUT2D eigenvalue weighted by Gasteiger charge is -2.03. The van der Waals surface area contributed by atoms with Crippen molar-refractivity contribution in [1.82, 2.24) is 20.3 Å². The lowest BCUT2D eigenvalue weighted by Crippen LogP contribution is -2.22. The third-order valence-corrected chi connectivity index (χ3v) is 3.01. The van der Waals surface area contributed by atoms with Gasteiger partial charge in [-0.3, -0.25) is 4.79 Å². The van der Waals surface area contributed by atoms with Crippen LogP contribution in [0.1, 0.15) is 21.7 Å². The minimum atomic E-state index is -0.171. The number of H-pyrrole nitrogens is 3. The van der Waals surface area contributed by atoms with Gasteiger partial charge in [-0.2, -0.15) is 0 Å². The number of nitrogens with one attached hydrogen (secondary N) is 4. The average Bonchev–Trinajstić information content (AvgIpc) is 2.88. The van der Waals surface area contributed by atoms with Crippen molar-refractivity contribution in [3.8, 4) is 5.88 Å². The van der Waals surface area contributed by atoms with Crippen molar-refractivity contribution in [1.29, 1.82) is 0 Å². The van der Waals surface area contributed by atoms with Crippen LogP contribution in [0.4, 0.5) is 0 Å². The van der Waals surface area contributed by atoms with Crippen LogP contribution in [0, 0.1) is 4.77 Å². The van der Waals surface area contributed by atoms with E-state index >= 15 is 0 Å². The summed E-state index contributed by atoms with van der Waals surface area (Å²) in [7, 11) is 0. The molecule has 0 aromatic carbocycles. The number of rotatable bonds is 1. The number of aromatic nitrogens is 3. The van der Waals surface area contributed by atoms with Crippen LogP contribution in [-0.4, -0.2) is 32.5 Å². The van der Waals surface area contributed by atoms with E-state index in [0.717, 1.165) is 11.1 Å². The molecule has 0 aliphatic carbocycles. The number of imidazole rings is 1. The Morgan fingerprint density at radius 3 is 2.83 bits per heavy atom. The summed E-state index contributed by atoms with van der Waals surface area (Å²) in [6, 6.07) is 1.79. The van der Waals surface area contributed by atoms with Gasteiger partial charge >= 0.3 is 0 Å². The molecule has 0 bridgehead atoms. The molecule has 0 radical (unpaired) electrons. The Bertz CT molecular complexity index is 707. The van der Waals surface area contributed by atoms with Crippen LogP contribution in [0.15, 0.2) is 18.3 Å². The summed E-state index contributed by atoms with van der Waals surface area (Å²) in [6.45, 7) is 0.391. The van der Waals surface area contributed by atoms with E-state index in [1.165, 1.54) is 0 Å². The zero-order valence-electron chi connectivity index (χ0n) is 9.20. The van der Waals surface area contributed by atoms with Gasteiger partial charge in [0.1, 0.15) is 11.4 Å². The third-order valence-electron chi connectivity index (χ3n) is 2.81. The molecule has 1 aliphatic heterocycles. The van der Waals surface area contributed by atoms with Gasteiger partial charge in [-0.15, -0.1) is 0 Å². The number of aromatic hydroxyl groups is 1. The van der Waals surface area contributed by atoms with E-state index in [1.54, 1.807) is 12.3 Å². The van der Waals surface area contributed by atoms with Crippen LogP contribution in [0.25, 0.3) is 5.57 Å². The van der Waals surface area contributed by atoms with Crippen LogP contribution in [0.3, 0.4) is 0 Å². The number of amides is 1. The summed E-state index contributed by atoms with van der Waals surface area (Å²) in [4.78, 5) is 20.1. The average molecular weight is 262 g/mol. The smallest absolute Gasteiger partial charge is 0.268 e. The van der Waals surface area contributed by atoms with E-state index < -0.39 is 0 Å². The normalized spacial score (nSPS) is 14.7. The summed E-state index contributed by atoms with van der Waals surface area (Å²) >= 11 is 4.94. The summed E-state index contributed by atoms with van der Waals surface area (Å²) in [5.74, 6) is -0.206. The molecule has 7 heteroatoms. The van der Waals surface area contributed by atoms with Crippen molar-refractivity contribution < 1.29 is 9.90 Å². The highest BCUT2D eigenvalue weighted by Gasteiger charge is 2.22. The zero-order valence-corrected chi connectivity index (χ0v) is 10.0. The van der Waals surface area contributed by atoms with E-state index in [0.29, 0.717) is 22.7 Å². The first kappa shape index (κ1) is 10.8. The first-order valence-corrected chi connectivity index (χ1v) is 5.75. The fraction of sp³-hybridized carbons (Fsp3) is 0.0909. The maximum absolute atomic E-state index is 11.8. The molecule has 0 saturated heterocycles. The van der Waals surface area contributed by atoms with Crippen molar-refractivity contribution in [3.63, 3.8) is 0 Å². The van der Waals surface area contributed by atoms with Crippen LogP contribution < -0.4 is 5.32 Å². The molecule has 3 heterocycles. The van der Waals surface area contributed by atoms with Crippen molar-refractivity contribution in [2.24, 2.45) is 0 Å². The fourth-order valence-electron chi connectivity index (χ4n) is 2.03. The van der Waals surface area contributed by atoms with E-state index in [-0.39, 0.29) is 11.8 Å². The molecule has 2 aromatic heterocycles. The topological polar surface area (TPSA) is 96.7 Å². The highest BCUT2D eigenvalue weighted by atomic mass is 32.1. The molecule has 2 aromatic rings. The quantitative estimate of drug-likeness (QED) is 0.501. The van der Waals surface area contributed by atoms with E-state index in [1.807, 2.05) is 6.08 Å². The van der Waals surface area contributed by atoms with Crippen molar-refractivity contribution in [2.75, 3.05) is 6.54 Å². The maximum atomic E-state index is 11.8. The van der Waals surface area contributed by atoms with Crippen molar-refractivity contribution in [3.05, 3.63) is 40.1 Å². The highest BCUT2D eigenvalue weighted by molar-refractivity contribution is 7.71. The molecule has 0 fully saturated rings. The van der Waals surface area contributed by atoms with E-state index in [9.17, 15) is 9.90 Å². The van der Waals surface area contributed by atoms with Crippen LogP contribution in [-0.2, 0) is 0 Å². The standard InChI is InChI=1S/C11H10N4O2S/c16-9-7-5(1-3-12-7)6(2-4-13-9)8-10(17)15-11(18)14-8/h1-3,12,17H,4H2,(H,13,16)(H2,14,15,18). The summed E-state index contributed by atoms with van der Waals surface area (Å²) in [5.41, 5.74) is 2.41. The highest BCUT2D eigenvalue weighted by Crippen LogP contribution is 2.30. The Morgan fingerprint density at radius 2 is 2.11 bits per heavy atom. The zero-order chi connectivity index (χ0) is 12.7. The molecule has 0 saturated carbocycles. The Kier molecular flexibility index (Phi) is 2.34. The van der Waals surface area contributed by atoms with Gasteiger partial charge in [-0.25, -0.2) is 0 Å². The predicted molar refractivity (Wildman–Crippen MR) is 67.8 cm³/mol. The molecule has 5 N–H and O–H groups in total. The molecule has 0 spiro atoms. The monoisotopic (exact) mass is 262 g/mol. The summed E-state index contributed by atoms with van der Waals surface area (Å²) in [6.07, 6.45) is 3.51. The summed E-state index contributed by atoms with van der Waals surface area (Å²) in [5, 5.41) is 12.5. The molecule has 1 amide bonds. The first-order chi connectivity index (χ1) is 8.66. The largest absolute Gasteiger partial charge is 0.493 e. The Hall–Kier alpha value is -2.28. The number of hydrogen-bond donors (Lipinski definition) is 5. The summed E-state index contributed by atoms with van der Waals surface area (Å²) < 4.78 is 0.337. The molecule has 3 rings (SSSR count). The Morgan fingerprint density at radius 1 is 1.28 bits per heavy atom. The molecule has 92 valence electrons. The second-order valence-electron chi connectivity index (χ2n) is 3.90. The van der Waals surface area contributed by atoms with Gasteiger partial charge in [0, 0.05) is 23.9 Å². The van der Waals surface area contributed by atoms with Crippen molar-refractivity contribution in [2.45, 2.75) is 0 Å². The maximum Gasteiger partial charge on any atom is 0.268 e. The van der Waals surface area contributed by atoms with E-state index in [4.69, 9.17) is 12.2 Å². The van der Waals surface area contributed by atoms with Crippen LogP contribution in [0.5, 0.6) is 5.88 Å². The molecular weight excluding hydrogens is 252 g/mol. The molecule has 1 aliphatic rings. The third kappa shape index (κ3) is 1.56. The van der Waals surface area contributed by atoms with Gasteiger partial charge in [0.05, 0.1) is 0 Å². The van der Waals surface area contributed by atoms with Crippen LogP contribution in [0.2, 0.25) is 0 Å². The predicted octanol–water partition coefficient (Wildman–Crippen LogP) is 1.28. The van der Waals surface area contributed by atoms with Gasteiger partial charge in [-0.1, -0.05) is 6.08 Å². The molecule has 0 unspecified atom stereocenters. The Labute approximate surface area is 107 Å². The minimum Gasteiger partial charge on any atom is -0.493 e. The molecule has 18 heavy (non-hydrogen) atoms. The molecular formula is C11H10N4O2S. The SMILES string of the molecule is O=C1NCC=C(c2[nH]c(=S)[nH]c2O)c2cc[nH]c21. The number of fused-ring (bicyclic) bond motifs is 1. The lowest BCUT2D eigenvalue weighted by atomic mass is 10.0. The van der Waals surface area contributed by atoms with Crippen molar-refractivity contribution >= 4 is 23.7 Å². The van der Waals surface area contributed by atoms with Gasteiger partial charge < -0.3 is 25.4 Å². The molecule has 0 atom stereocenters. The Balaban J connectivity index is 2.21. The van der Waals surface area contributed by atoms with Crippen LogP contribution >= 0.6 is 12.2 Å². The van der Waals surface area contributed by atoms with Gasteiger partial charge in [-0.05, 0) is 18.3 Å². The lowest BCUT2D eigenvalue weighted by molar-refractivity contribution is 0.0954. The number of hydrogen-bond acceptors (Lipinski definition) is 3. The number of carbonyl (C=O) groups excluding carboxylic acids is 1. The first-order valence-electron chi connectivity index (χ1n) is 5.34. The van der Waals surface area contributed by atoms with Gasteiger partial charge in [0.15, 0.2) is 4.77 Å². The molecule has 6 nitrogen and oxygen atoms in total. The number of aromatic amines is 3. The fourth-order valence-corrected chi connectivity index (χ4v) is 2.23. The second kappa shape index (κ2) is 3.88.